The van der Waals surface area contributed by atoms with Gasteiger partial charge in [0.2, 0.25) is 5.78 Å². The highest BCUT2D eigenvalue weighted by atomic mass is 32.2. The van der Waals surface area contributed by atoms with Crippen LogP contribution < -0.4 is 10.0 Å². The Balaban J connectivity index is 1.82. The number of nitrogens with one attached hydrogen (secondary N) is 4. The maximum atomic E-state index is 15.5. The van der Waals surface area contributed by atoms with Crippen LogP contribution in [-0.4, -0.2) is 54.2 Å². The SMILES string of the molecule is CNCC(=Nc1ncnc2[nH]cc(C(=O)c3c(F)ccc(NS(=O)(=O)c4ccccc4F)c3F)c12)C(C)=N. The molecule has 2 aromatic carbocycles. The number of H-pyrrole nitrogens is 1. The number of hydrogen-bond acceptors (Lipinski definition) is 8. The summed E-state index contributed by atoms with van der Waals surface area (Å²) >= 11 is 0. The second kappa shape index (κ2) is 10.5. The van der Waals surface area contributed by atoms with Crippen molar-refractivity contribution in [3.63, 3.8) is 0 Å². The highest BCUT2D eigenvalue weighted by Gasteiger charge is 2.28. The molecule has 0 fully saturated rings. The van der Waals surface area contributed by atoms with Gasteiger partial charge in [-0.2, -0.15) is 0 Å². The maximum Gasteiger partial charge on any atom is 0.264 e. The number of sulfonamides is 1. The molecule has 10 nitrogen and oxygen atoms in total. The molecule has 0 atom stereocenters. The predicted octanol–water partition coefficient (Wildman–Crippen LogP) is 3.74. The molecule has 0 saturated heterocycles. The molecule has 0 aliphatic rings. The molecule has 38 heavy (non-hydrogen) atoms. The summed E-state index contributed by atoms with van der Waals surface area (Å²) in [6.07, 6.45) is 2.34. The summed E-state index contributed by atoms with van der Waals surface area (Å²) in [7, 11) is -2.96. The third-order valence-corrected chi connectivity index (χ3v) is 6.80. The quantitative estimate of drug-likeness (QED) is 0.186. The van der Waals surface area contributed by atoms with Crippen LogP contribution in [0.15, 0.2) is 58.8 Å². The van der Waals surface area contributed by atoms with Crippen molar-refractivity contribution in [3.05, 3.63) is 77.5 Å². The first-order chi connectivity index (χ1) is 18.0. The van der Waals surface area contributed by atoms with Gasteiger partial charge < -0.3 is 15.7 Å². The van der Waals surface area contributed by atoms with E-state index in [0.29, 0.717) is 11.8 Å². The molecular formula is C24H20F3N7O3S. The number of carbonyl (C=O) groups is 1. The van der Waals surface area contributed by atoms with Crippen LogP contribution in [0, 0.1) is 22.9 Å². The number of halogens is 3. The zero-order valence-corrected chi connectivity index (χ0v) is 20.8. The van der Waals surface area contributed by atoms with Gasteiger partial charge in [0.05, 0.1) is 33.6 Å². The molecule has 0 saturated carbocycles. The first-order valence-corrected chi connectivity index (χ1v) is 12.4. The van der Waals surface area contributed by atoms with Crippen molar-refractivity contribution in [1.82, 2.24) is 20.3 Å². The van der Waals surface area contributed by atoms with Gasteiger partial charge in [0.25, 0.3) is 10.0 Å². The summed E-state index contributed by atoms with van der Waals surface area (Å²) in [5, 5.41) is 10.8. The van der Waals surface area contributed by atoms with Crippen LogP contribution in [0.5, 0.6) is 0 Å². The minimum absolute atomic E-state index is 0.0197. The fraction of sp³-hybridized carbons (Fsp3) is 0.125. The smallest absolute Gasteiger partial charge is 0.264 e. The monoisotopic (exact) mass is 543 g/mol. The summed E-state index contributed by atoms with van der Waals surface area (Å²) < 4.78 is 71.5. The van der Waals surface area contributed by atoms with Gasteiger partial charge in [0.1, 0.15) is 28.5 Å². The number of nitrogens with zero attached hydrogens (tertiary/aromatic N) is 3. The van der Waals surface area contributed by atoms with Crippen molar-refractivity contribution in [2.24, 2.45) is 4.99 Å². The second-order valence-electron chi connectivity index (χ2n) is 7.99. The molecule has 196 valence electrons. The number of aromatic nitrogens is 3. The van der Waals surface area contributed by atoms with Gasteiger partial charge in [-0.3, -0.25) is 9.52 Å². The summed E-state index contributed by atoms with van der Waals surface area (Å²) in [6, 6.07) is 5.92. The average Bonchev–Trinajstić information content (AvgIpc) is 3.31. The number of ketones is 1. The Morgan fingerprint density at radius 1 is 1.11 bits per heavy atom. The molecule has 0 radical (unpaired) electrons. The summed E-state index contributed by atoms with van der Waals surface area (Å²) in [5.74, 6) is -5.01. The Hall–Kier alpha value is -4.43. The fourth-order valence-electron chi connectivity index (χ4n) is 3.60. The van der Waals surface area contributed by atoms with Gasteiger partial charge in [-0.05, 0) is 38.2 Å². The first kappa shape index (κ1) is 26.6. The third kappa shape index (κ3) is 5.03. The lowest BCUT2D eigenvalue weighted by Crippen LogP contribution is -2.24. The van der Waals surface area contributed by atoms with E-state index in [1.165, 1.54) is 31.6 Å². The zero-order valence-electron chi connectivity index (χ0n) is 19.9. The zero-order chi connectivity index (χ0) is 27.6. The molecule has 0 aliphatic carbocycles. The van der Waals surface area contributed by atoms with Crippen LogP contribution in [0.1, 0.15) is 22.8 Å². The number of carbonyl (C=O) groups excluding carboxylic acids is 1. The van der Waals surface area contributed by atoms with E-state index < -0.39 is 49.4 Å². The molecule has 4 N–H and O–H groups in total. The van der Waals surface area contributed by atoms with Crippen molar-refractivity contribution in [3.8, 4) is 0 Å². The molecule has 0 spiro atoms. The van der Waals surface area contributed by atoms with Gasteiger partial charge in [0.15, 0.2) is 11.6 Å². The number of aromatic amines is 1. The van der Waals surface area contributed by atoms with Gasteiger partial charge in [0, 0.05) is 12.7 Å². The Morgan fingerprint density at radius 2 is 1.84 bits per heavy atom. The Kier molecular flexibility index (Phi) is 7.37. The highest BCUT2D eigenvalue weighted by Crippen LogP contribution is 2.31. The van der Waals surface area contributed by atoms with E-state index in [1.807, 2.05) is 4.72 Å². The van der Waals surface area contributed by atoms with E-state index in [-0.39, 0.29) is 34.7 Å². The number of fused-ring (bicyclic) bond motifs is 1. The van der Waals surface area contributed by atoms with E-state index in [4.69, 9.17) is 5.41 Å². The minimum atomic E-state index is -4.61. The Morgan fingerprint density at radius 3 is 2.53 bits per heavy atom. The molecule has 0 amide bonds. The van der Waals surface area contributed by atoms with Crippen LogP contribution >= 0.6 is 0 Å². The fourth-order valence-corrected chi connectivity index (χ4v) is 4.74. The van der Waals surface area contributed by atoms with Crippen LogP contribution in [0.2, 0.25) is 0 Å². The van der Waals surface area contributed by atoms with Crippen LogP contribution in [0.3, 0.4) is 0 Å². The number of anilines is 1. The number of rotatable bonds is 9. The number of hydrogen-bond donors (Lipinski definition) is 4. The minimum Gasteiger partial charge on any atom is -0.345 e. The van der Waals surface area contributed by atoms with Crippen molar-refractivity contribution in [2.75, 3.05) is 18.3 Å². The average molecular weight is 544 g/mol. The third-order valence-electron chi connectivity index (χ3n) is 5.40. The molecule has 0 unspecified atom stereocenters. The van der Waals surface area contributed by atoms with Crippen molar-refractivity contribution < 1.29 is 26.4 Å². The summed E-state index contributed by atoms with van der Waals surface area (Å²) in [4.78, 5) is 27.8. The molecule has 0 aliphatic heterocycles. The van der Waals surface area contributed by atoms with Gasteiger partial charge in [-0.15, -0.1) is 0 Å². The van der Waals surface area contributed by atoms with E-state index >= 15 is 4.39 Å². The second-order valence-corrected chi connectivity index (χ2v) is 9.64. The number of benzene rings is 2. The van der Waals surface area contributed by atoms with E-state index in [1.54, 1.807) is 7.05 Å². The lowest BCUT2D eigenvalue weighted by atomic mass is 10.0. The Labute approximate surface area is 214 Å². The first-order valence-electron chi connectivity index (χ1n) is 10.9. The number of aliphatic imine (C=N–C) groups is 1. The molecule has 2 aromatic heterocycles. The molecule has 4 rings (SSSR count). The largest absolute Gasteiger partial charge is 0.345 e. The molecule has 0 bridgehead atoms. The standard InChI is InChI=1S/C24H20F3N7O3S/c1-12(28)17(10-29-2)33-24-19-13(9-30-23(19)31-11-32-24)22(35)20-15(26)7-8-16(21(20)27)34-38(36,37)18-6-4-3-5-14(18)25/h3-9,11,28-29,34H,10H2,1-2H3,(H,30,31,32). The van der Waals surface area contributed by atoms with Crippen LogP contribution in [0.25, 0.3) is 11.0 Å². The Bertz CT molecular complexity index is 1720. The lowest BCUT2D eigenvalue weighted by molar-refractivity contribution is 0.103. The molecule has 2 heterocycles. The van der Waals surface area contributed by atoms with Gasteiger partial charge in [-0.1, -0.05) is 12.1 Å². The van der Waals surface area contributed by atoms with Gasteiger partial charge >= 0.3 is 0 Å². The van der Waals surface area contributed by atoms with Crippen LogP contribution in [-0.2, 0) is 10.0 Å². The van der Waals surface area contributed by atoms with E-state index in [9.17, 15) is 22.0 Å². The summed E-state index contributed by atoms with van der Waals surface area (Å²) in [6.45, 7) is 1.72. The van der Waals surface area contributed by atoms with Gasteiger partial charge in [-0.25, -0.2) is 36.5 Å². The summed E-state index contributed by atoms with van der Waals surface area (Å²) in [5.41, 5.74) is -1.49. The van der Waals surface area contributed by atoms with E-state index in [2.05, 4.69) is 25.3 Å². The molecule has 14 heteroatoms. The molecule has 4 aromatic rings. The van der Waals surface area contributed by atoms with Crippen molar-refractivity contribution >= 4 is 49.8 Å². The maximum absolute atomic E-state index is 15.5. The highest BCUT2D eigenvalue weighted by molar-refractivity contribution is 7.92. The van der Waals surface area contributed by atoms with Crippen molar-refractivity contribution in [2.45, 2.75) is 11.8 Å². The van der Waals surface area contributed by atoms with Crippen LogP contribution in [0.4, 0.5) is 24.7 Å². The van der Waals surface area contributed by atoms with Crippen molar-refractivity contribution in [1.29, 1.82) is 5.41 Å². The molecular weight excluding hydrogens is 523 g/mol. The lowest BCUT2D eigenvalue weighted by Gasteiger charge is -2.12. The topological polar surface area (TPSA) is 153 Å². The normalized spacial score (nSPS) is 12.1. The predicted molar refractivity (Wildman–Crippen MR) is 135 cm³/mol. The van der Waals surface area contributed by atoms with E-state index in [0.717, 1.165) is 18.2 Å².